The topological polar surface area (TPSA) is 104 Å². The molecule has 1 aromatic rings. The summed E-state index contributed by atoms with van der Waals surface area (Å²) in [7, 11) is -3.26. The van der Waals surface area contributed by atoms with Crippen molar-refractivity contribution in [3.05, 3.63) is 18.5 Å². The lowest BCUT2D eigenvalue weighted by Crippen LogP contribution is -2.34. The van der Waals surface area contributed by atoms with Gasteiger partial charge in [-0.05, 0) is 24.8 Å². The molecule has 2 atom stereocenters. The third-order valence-electron chi connectivity index (χ3n) is 4.53. The van der Waals surface area contributed by atoms with Crippen LogP contribution in [-0.4, -0.2) is 61.1 Å². The van der Waals surface area contributed by atoms with Crippen LogP contribution in [0.15, 0.2) is 18.5 Å². The van der Waals surface area contributed by atoms with Gasteiger partial charge < -0.3 is 10.2 Å². The second-order valence-corrected chi connectivity index (χ2v) is 8.37. The number of nitrogens with zero attached hydrogens (tertiary/aromatic N) is 3. The summed E-state index contributed by atoms with van der Waals surface area (Å²) >= 11 is 0. The maximum Gasteiger partial charge on any atom is 0.223 e. The summed E-state index contributed by atoms with van der Waals surface area (Å²) in [4.78, 5) is 22.6. The zero-order valence-corrected chi connectivity index (χ0v) is 14.5. The Bertz CT molecular complexity index is 678. The van der Waals surface area contributed by atoms with Crippen molar-refractivity contribution in [3.8, 4) is 0 Å². The molecule has 2 N–H and O–H groups in total. The zero-order chi connectivity index (χ0) is 17.2. The molecule has 2 heterocycles. The first kappa shape index (κ1) is 17.1. The van der Waals surface area contributed by atoms with E-state index in [-0.39, 0.29) is 24.9 Å². The Morgan fingerprint density at radius 2 is 2.00 bits per heavy atom. The number of hydrogen-bond acceptors (Lipinski definition) is 6. The molecule has 1 aliphatic heterocycles. The predicted octanol–water partition coefficient (Wildman–Crippen LogP) is 0.0648. The Morgan fingerprint density at radius 1 is 1.29 bits per heavy atom. The van der Waals surface area contributed by atoms with Gasteiger partial charge in [-0.2, -0.15) is 0 Å². The Labute approximate surface area is 142 Å². The summed E-state index contributed by atoms with van der Waals surface area (Å²) in [5.74, 6) is 1.62. The van der Waals surface area contributed by atoms with Gasteiger partial charge in [0.25, 0.3) is 0 Å². The molecule has 1 saturated carbocycles. The summed E-state index contributed by atoms with van der Waals surface area (Å²) in [5.41, 5.74) is 0. The van der Waals surface area contributed by atoms with Crippen LogP contribution in [0.25, 0.3) is 0 Å². The van der Waals surface area contributed by atoms with E-state index in [2.05, 4.69) is 20.0 Å². The molecule has 8 nitrogen and oxygen atoms in total. The van der Waals surface area contributed by atoms with Crippen LogP contribution in [0.4, 0.5) is 5.95 Å². The first-order valence-electron chi connectivity index (χ1n) is 8.18. The fraction of sp³-hybridized carbons (Fsp3) is 0.667. The molecule has 2 aliphatic rings. The molecule has 0 radical (unpaired) electrons. The van der Waals surface area contributed by atoms with Crippen molar-refractivity contribution in [2.75, 3.05) is 31.2 Å². The van der Waals surface area contributed by atoms with Gasteiger partial charge in [0.1, 0.15) is 0 Å². The maximum absolute atomic E-state index is 12.3. The van der Waals surface area contributed by atoms with Gasteiger partial charge in [-0.15, -0.1) is 0 Å². The van der Waals surface area contributed by atoms with Crippen LogP contribution < -0.4 is 10.0 Å². The van der Waals surface area contributed by atoms with Gasteiger partial charge in [0.2, 0.25) is 21.9 Å². The van der Waals surface area contributed by atoms with Gasteiger partial charge in [-0.1, -0.05) is 0 Å². The second kappa shape index (κ2) is 7.02. The quantitative estimate of drug-likeness (QED) is 0.719. The molecule has 1 amide bonds. The first-order chi connectivity index (χ1) is 11.4. The van der Waals surface area contributed by atoms with Gasteiger partial charge in [-0.3, -0.25) is 4.79 Å². The van der Waals surface area contributed by atoms with Crippen molar-refractivity contribution in [2.45, 2.75) is 25.3 Å². The summed E-state index contributed by atoms with van der Waals surface area (Å²) in [5, 5.41) is 3.35. The number of likely N-dealkylation sites (tertiary alicyclic amines) is 1. The molecular weight excluding hydrogens is 330 g/mol. The van der Waals surface area contributed by atoms with Crippen LogP contribution in [0.3, 0.4) is 0 Å². The standard InChI is InChI=1S/C15H23N5O3S/c1-24(22,23)18-8-5-14(21)20-9-12(11-3-4-11)13(10-20)19-15-16-6-2-7-17-15/h2,6-7,11-13,18H,3-5,8-10H2,1H3,(H,16,17,19)/t12-,13+/m0/s1. The number of aromatic nitrogens is 2. The van der Waals surface area contributed by atoms with Crippen molar-refractivity contribution in [1.82, 2.24) is 19.6 Å². The number of carbonyl (C=O) groups excluding carboxylic acids is 1. The average Bonchev–Trinajstić information content (AvgIpc) is 3.28. The normalized spacial score (nSPS) is 24.1. The minimum absolute atomic E-state index is 0.0184. The van der Waals surface area contributed by atoms with Crippen molar-refractivity contribution in [2.24, 2.45) is 11.8 Å². The van der Waals surface area contributed by atoms with Crippen molar-refractivity contribution >= 4 is 21.9 Å². The molecule has 1 aliphatic carbocycles. The number of anilines is 1. The fourth-order valence-electron chi connectivity index (χ4n) is 3.23. The molecule has 2 fully saturated rings. The van der Waals surface area contributed by atoms with E-state index in [1.807, 2.05) is 4.90 Å². The molecule has 132 valence electrons. The molecule has 0 spiro atoms. The third kappa shape index (κ3) is 4.64. The first-order valence-corrected chi connectivity index (χ1v) is 10.1. The lowest BCUT2D eigenvalue weighted by molar-refractivity contribution is -0.130. The monoisotopic (exact) mass is 353 g/mol. The third-order valence-corrected chi connectivity index (χ3v) is 5.26. The lowest BCUT2D eigenvalue weighted by Gasteiger charge is -2.18. The minimum Gasteiger partial charge on any atom is -0.349 e. The Kier molecular flexibility index (Phi) is 5.00. The Morgan fingerprint density at radius 3 is 2.62 bits per heavy atom. The van der Waals surface area contributed by atoms with Crippen LogP contribution in [0.5, 0.6) is 0 Å². The van der Waals surface area contributed by atoms with E-state index in [4.69, 9.17) is 0 Å². The molecule has 3 rings (SSSR count). The smallest absolute Gasteiger partial charge is 0.223 e. The van der Waals surface area contributed by atoms with Gasteiger partial charge in [-0.25, -0.2) is 23.1 Å². The molecule has 9 heteroatoms. The number of hydrogen-bond donors (Lipinski definition) is 2. The fourth-order valence-corrected chi connectivity index (χ4v) is 3.70. The molecule has 1 saturated heterocycles. The van der Waals surface area contributed by atoms with E-state index in [1.54, 1.807) is 18.5 Å². The van der Waals surface area contributed by atoms with Crippen LogP contribution in [0.1, 0.15) is 19.3 Å². The average molecular weight is 353 g/mol. The number of nitrogens with one attached hydrogen (secondary N) is 2. The number of sulfonamides is 1. The molecule has 0 bridgehead atoms. The SMILES string of the molecule is CS(=O)(=O)NCCC(=O)N1C[C@@H](Nc2ncccn2)[C@H](C2CC2)C1. The van der Waals surface area contributed by atoms with Gasteiger partial charge in [0, 0.05) is 44.4 Å². The van der Waals surface area contributed by atoms with Gasteiger partial charge in [0.15, 0.2) is 0 Å². The zero-order valence-electron chi connectivity index (χ0n) is 13.7. The highest BCUT2D eigenvalue weighted by Crippen LogP contribution is 2.42. The maximum atomic E-state index is 12.3. The van der Waals surface area contributed by atoms with E-state index in [0.717, 1.165) is 6.26 Å². The highest BCUT2D eigenvalue weighted by molar-refractivity contribution is 7.88. The summed E-state index contributed by atoms with van der Waals surface area (Å²) in [6, 6.07) is 1.91. The molecule has 1 aromatic heterocycles. The van der Waals surface area contributed by atoms with Crippen LogP contribution in [0.2, 0.25) is 0 Å². The van der Waals surface area contributed by atoms with E-state index in [0.29, 0.717) is 30.9 Å². The van der Waals surface area contributed by atoms with E-state index >= 15 is 0 Å². The highest BCUT2D eigenvalue weighted by atomic mass is 32.2. The predicted molar refractivity (Wildman–Crippen MR) is 89.7 cm³/mol. The second-order valence-electron chi connectivity index (χ2n) is 6.54. The van der Waals surface area contributed by atoms with Crippen LogP contribution >= 0.6 is 0 Å². The van der Waals surface area contributed by atoms with Crippen LogP contribution in [-0.2, 0) is 14.8 Å². The van der Waals surface area contributed by atoms with Gasteiger partial charge in [0.05, 0.1) is 12.3 Å². The lowest BCUT2D eigenvalue weighted by atomic mass is 9.98. The van der Waals surface area contributed by atoms with Crippen molar-refractivity contribution < 1.29 is 13.2 Å². The summed E-state index contributed by atoms with van der Waals surface area (Å²) in [6.07, 6.45) is 7.06. The number of rotatable bonds is 7. The van der Waals surface area contributed by atoms with Crippen molar-refractivity contribution in [1.29, 1.82) is 0 Å². The molecular formula is C15H23N5O3S. The van der Waals surface area contributed by atoms with Crippen LogP contribution in [0, 0.1) is 11.8 Å². The molecule has 24 heavy (non-hydrogen) atoms. The number of carbonyl (C=O) groups is 1. The summed E-state index contributed by atoms with van der Waals surface area (Å²) in [6.45, 7) is 1.46. The Balaban J connectivity index is 1.57. The molecule has 0 unspecified atom stereocenters. The van der Waals surface area contributed by atoms with E-state index < -0.39 is 10.0 Å². The van der Waals surface area contributed by atoms with E-state index in [1.165, 1.54) is 12.8 Å². The number of amides is 1. The summed E-state index contributed by atoms with van der Waals surface area (Å²) < 4.78 is 24.5. The Hall–Kier alpha value is -1.74. The largest absolute Gasteiger partial charge is 0.349 e. The minimum atomic E-state index is -3.26. The van der Waals surface area contributed by atoms with Crippen molar-refractivity contribution in [3.63, 3.8) is 0 Å². The molecule has 0 aromatic carbocycles. The van der Waals surface area contributed by atoms with Gasteiger partial charge >= 0.3 is 0 Å². The van der Waals surface area contributed by atoms with E-state index in [9.17, 15) is 13.2 Å². The highest BCUT2D eigenvalue weighted by Gasteiger charge is 2.43.